The molecule has 3 aromatic heterocycles. The van der Waals surface area contributed by atoms with Gasteiger partial charge in [0.25, 0.3) is 0 Å². The van der Waals surface area contributed by atoms with Crippen molar-refractivity contribution < 1.29 is 23.0 Å². The molecule has 0 bridgehead atoms. The third-order valence-electron chi connectivity index (χ3n) is 6.65. The molecule has 1 fully saturated rings. The van der Waals surface area contributed by atoms with Crippen LogP contribution in [0.4, 0.5) is 25.1 Å². The van der Waals surface area contributed by atoms with Crippen LogP contribution in [0.5, 0.6) is 0 Å². The number of amidine groups is 1. The van der Waals surface area contributed by atoms with Crippen molar-refractivity contribution in [1.29, 1.82) is 0 Å². The van der Waals surface area contributed by atoms with Crippen LogP contribution in [-0.4, -0.2) is 43.5 Å². The van der Waals surface area contributed by atoms with Crippen LogP contribution in [0.3, 0.4) is 0 Å². The highest BCUT2D eigenvalue weighted by Gasteiger charge is 2.30. The van der Waals surface area contributed by atoms with Crippen molar-refractivity contribution in [2.24, 2.45) is 4.99 Å². The van der Waals surface area contributed by atoms with Gasteiger partial charge in [-0.15, -0.1) is 0 Å². The Balaban J connectivity index is 1.51. The molecule has 6 rings (SSSR count). The van der Waals surface area contributed by atoms with Crippen molar-refractivity contribution in [1.82, 2.24) is 19.3 Å². The third kappa shape index (κ3) is 4.77. The van der Waals surface area contributed by atoms with Crippen LogP contribution in [0.25, 0.3) is 22.5 Å². The second-order valence-corrected chi connectivity index (χ2v) is 10.7. The van der Waals surface area contributed by atoms with E-state index >= 15 is 0 Å². The van der Waals surface area contributed by atoms with E-state index in [0.29, 0.717) is 40.6 Å². The molecule has 0 spiro atoms. The molecule has 206 valence electrons. The Hall–Kier alpha value is -4.38. The molecule has 0 aliphatic carbocycles. The van der Waals surface area contributed by atoms with E-state index in [4.69, 9.17) is 9.47 Å². The number of aliphatic imine (C=N–C) groups is 1. The SMILES string of the molecule is CC(C)(C)OC(=O)n1cccc1-c1cnc2c(c1)-c1c(cnn1C1CCCCO1)N=C(c1c(F)cccc1F)N2. The number of carbonyl (C=O) groups excluding carboxylic acids is 1. The van der Waals surface area contributed by atoms with Crippen LogP contribution in [0.2, 0.25) is 0 Å². The molecule has 0 saturated carbocycles. The number of ether oxygens (including phenoxy) is 2. The van der Waals surface area contributed by atoms with Gasteiger partial charge in [0.05, 0.1) is 17.5 Å². The Kier molecular flexibility index (Phi) is 6.46. The lowest BCUT2D eigenvalue weighted by atomic mass is 10.1. The molecule has 11 heteroatoms. The molecule has 1 N–H and O–H groups in total. The Morgan fingerprint density at radius 2 is 1.93 bits per heavy atom. The number of carbonyl (C=O) groups is 1. The van der Waals surface area contributed by atoms with Crippen LogP contribution in [0.1, 0.15) is 51.8 Å². The Morgan fingerprint density at radius 1 is 1.12 bits per heavy atom. The summed E-state index contributed by atoms with van der Waals surface area (Å²) >= 11 is 0. The summed E-state index contributed by atoms with van der Waals surface area (Å²) in [4.78, 5) is 22.2. The zero-order valence-electron chi connectivity index (χ0n) is 22.3. The van der Waals surface area contributed by atoms with Gasteiger partial charge in [0, 0.05) is 30.1 Å². The first-order valence-electron chi connectivity index (χ1n) is 13.1. The maximum Gasteiger partial charge on any atom is 0.418 e. The monoisotopic (exact) mass is 546 g/mol. The van der Waals surface area contributed by atoms with Crippen molar-refractivity contribution in [2.45, 2.75) is 51.9 Å². The van der Waals surface area contributed by atoms with Crippen molar-refractivity contribution in [2.75, 3.05) is 11.9 Å². The number of nitrogens with zero attached hydrogens (tertiary/aromatic N) is 5. The average Bonchev–Trinajstić information content (AvgIpc) is 3.53. The van der Waals surface area contributed by atoms with E-state index in [1.807, 2.05) is 6.07 Å². The number of anilines is 1. The van der Waals surface area contributed by atoms with E-state index in [1.54, 1.807) is 56.2 Å². The summed E-state index contributed by atoms with van der Waals surface area (Å²) in [5.74, 6) is -1.22. The Bertz CT molecular complexity index is 1610. The van der Waals surface area contributed by atoms with Gasteiger partial charge in [-0.3, -0.25) is 4.57 Å². The molecule has 4 aromatic rings. The second kappa shape index (κ2) is 9.98. The van der Waals surface area contributed by atoms with Crippen LogP contribution in [0.15, 0.2) is 60.0 Å². The second-order valence-electron chi connectivity index (χ2n) is 10.7. The molecule has 1 aromatic carbocycles. The summed E-state index contributed by atoms with van der Waals surface area (Å²) in [5.41, 5.74) is 1.80. The van der Waals surface area contributed by atoms with Gasteiger partial charge < -0.3 is 14.8 Å². The van der Waals surface area contributed by atoms with E-state index in [1.165, 1.54) is 22.8 Å². The average molecular weight is 547 g/mol. The molecule has 1 atom stereocenters. The summed E-state index contributed by atoms with van der Waals surface area (Å²) in [6.45, 7) is 6.00. The van der Waals surface area contributed by atoms with Crippen molar-refractivity contribution in [3.05, 3.63) is 72.2 Å². The van der Waals surface area contributed by atoms with Crippen LogP contribution in [0, 0.1) is 11.6 Å². The zero-order valence-corrected chi connectivity index (χ0v) is 22.3. The number of hydrogen-bond acceptors (Lipinski definition) is 7. The predicted molar refractivity (Wildman–Crippen MR) is 146 cm³/mol. The topological polar surface area (TPSA) is 95.6 Å². The first-order valence-corrected chi connectivity index (χ1v) is 13.1. The third-order valence-corrected chi connectivity index (χ3v) is 6.65. The lowest BCUT2D eigenvalue weighted by Crippen LogP contribution is -2.27. The molecule has 40 heavy (non-hydrogen) atoms. The zero-order chi connectivity index (χ0) is 28.0. The molecule has 9 nitrogen and oxygen atoms in total. The minimum absolute atomic E-state index is 0.0305. The van der Waals surface area contributed by atoms with Gasteiger partial charge in [-0.1, -0.05) is 6.07 Å². The molecule has 1 unspecified atom stereocenters. The van der Waals surface area contributed by atoms with Gasteiger partial charge in [0.15, 0.2) is 6.23 Å². The molecule has 5 heterocycles. The van der Waals surface area contributed by atoms with Gasteiger partial charge >= 0.3 is 6.09 Å². The fourth-order valence-electron chi connectivity index (χ4n) is 4.91. The van der Waals surface area contributed by atoms with E-state index in [9.17, 15) is 13.6 Å². The number of hydrogen-bond donors (Lipinski definition) is 1. The first kappa shape index (κ1) is 25.9. The minimum atomic E-state index is -0.758. The number of aromatic nitrogens is 4. The standard InChI is InChI=1S/C29H28F2N6O3/c1-29(2,3)40-28(38)36-12-7-10-22(36)17-14-18-25-21(16-33-37(25)23-11-4-5-13-39-23)34-27(35-26(18)32-15-17)24-19(30)8-6-9-20(24)31/h6-10,12,14-16,23H,4-5,11,13H2,1-3H3,(H,32,34,35). The summed E-state index contributed by atoms with van der Waals surface area (Å²) < 4.78 is 44.4. The summed E-state index contributed by atoms with van der Waals surface area (Å²) in [6, 6.07) is 9.04. The largest absolute Gasteiger partial charge is 0.443 e. The van der Waals surface area contributed by atoms with Gasteiger partial charge in [0.1, 0.15) is 40.3 Å². The number of halogens is 2. The van der Waals surface area contributed by atoms with Crippen molar-refractivity contribution in [3.63, 3.8) is 0 Å². The molecule has 0 radical (unpaired) electrons. The lowest BCUT2D eigenvalue weighted by molar-refractivity contribution is -0.0383. The van der Waals surface area contributed by atoms with Crippen LogP contribution in [-0.2, 0) is 9.47 Å². The molecule has 1 saturated heterocycles. The quantitative estimate of drug-likeness (QED) is 0.308. The van der Waals surface area contributed by atoms with Crippen LogP contribution < -0.4 is 5.32 Å². The molecular formula is C29H28F2N6O3. The normalized spacial score (nSPS) is 16.8. The summed E-state index contributed by atoms with van der Waals surface area (Å²) in [7, 11) is 0. The Morgan fingerprint density at radius 3 is 2.65 bits per heavy atom. The number of rotatable bonds is 3. The molecule has 0 amide bonds. The maximum atomic E-state index is 14.8. The number of nitrogens with one attached hydrogen (secondary N) is 1. The van der Waals surface area contributed by atoms with E-state index in [-0.39, 0.29) is 17.6 Å². The highest BCUT2D eigenvalue weighted by Crippen LogP contribution is 2.42. The van der Waals surface area contributed by atoms with E-state index in [2.05, 4.69) is 20.4 Å². The van der Waals surface area contributed by atoms with Crippen molar-refractivity contribution in [3.8, 4) is 22.5 Å². The lowest BCUT2D eigenvalue weighted by Gasteiger charge is -2.25. The summed E-state index contributed by atoms with van der Waals surface area (Å²) in [6.07, 6.45) is 6.59. The van der Waals surface area contributed by atoms with Gasteiger partial charge in [-0.05, 0) is 70.4 Å². The van der Waals surface area contributed by atoms with Gasteiger partial charge in [0.2, 0.25) is 0 Å². The fraction of sp³-hybridized carbons (Fsp3) is 0.310. The number of fused-ring (bicyclic) bond motifs is 3. The molecular weight excluding hydrogens is 518 g/mol. The Labute approximate surface area is 229 Å². The van der Waals surface area contributed by atoms with E-state index in [0.717, 1.165) is 19.3 Å². The predicted octanol–water partition coefficient (Wildman–Crippen LogP) is 6.68. The first-order chi connectivity index (χ1) is 19.2. The minimum Gasteiger partial charge on any atom is -0.443 e. The van der Waals surface area contributed by atoms with Crippen LogP contribution >= 0.6 is 0 Å². The molecule has 2 aliphatic rings. The molecule has 2 aliphatic heterocycles. The van der Waals surface area contributed by atoms with Crippen molar-refractivity contribution >= 4 is 23.4 Å². The highest BCUT2D eigenvalue weighted by molar-refractivity contribution is 6.13. The van der Waals surface area contributed by atoms with Gasteiger partial charge in [-0.2, -0.15) is 5.10 Å². The number of pyridine rings is 1. The smallest absolute Gasteiger partial charge is 0.418 e. The summed E-state index contributed by atoms with van der Waals surface area (Å²) in [5, 5.41) is 7.62. The van der Waals surface area contributed by atoms with Gasteiger partial charge in [-0.25, -0.2) is 28.2 Å². The highest BCUT2D eigenvalue weighted by atomic mass is 19.1. The number of benzene rings is 1. The maximum absolute atomic E-state index is 14.8. The van der Waals surface area contributed by atoms with E-state index < -0.39 is 23.3 Å². The fourth-order valence-corrected chi connectivity index (χ4v) is 4.91.